The molecule has 48 valence electrons. The third-order valence-electron chi connectivity index (χ3n) is 0.659. The second-order valence-corrected chi connectivity index (χ2v) is 1.38. The van der Waals surface area contributed by atoms with Gasteiger partial charge in [-0.3, -0.25) is 0 Å². The maximum atomic E-state index is 11.8. The van der Waals surface area contributed by atoms with E-state index in [4.69, 9.17) is 0 Å². The third kappa shape index (κ3) is 3.71. The minimum Gasteiger partial charge on any atom is -0.243 e. The average molecular weight is 124 g/mol. The van der Waals surface area contributed by atoms with Crippen molar-refractivity contribution in [3.05, 3.63) is 12.7 Å². The molecule has 0 amide bonds. The molecule has 0 saturated heterocycles. The summed E-state index contributed by atoms with van der Waals surface area (Å²) in [4.78, 5) is 0. The molecule has 0 heterocycles. The second kappa shape index (κ2) is 3.52. The van der Waals surface area contributed by atoms with E-state index in [0.29, 0.717) is 0 Å². The SMILES string of the molecule is C=CC(F)CC(F)F. The Hall–Kier alpha value is -0.470. The molecule has 0 aromatic rings. The highest BCUT2D eigenvalue weighted by Gasteiger charge is 2.08. The van der Waals surface area contributed by atoms with Crippen molar-refractivity contribution in [2.24, 2.45) is 0 Å². The normalized spacial score (nSPS) is 14.0. The van der Waals surface area contributed by atoms with Gasteiger partial charge in [-0.25, -0.2) is 13.2 Å². The molecular weight excluding hydrogens is 117 g/mol. The van der Waals surface area contributed by atoms with Crippen LogP contribution in [0.2, 0.25) is 0 Å². The fourth-order valence-corrected chi connectivity index (χ4v) is 0.266. The summed E-state index contributed by atoms with van der Waals surface area (Å²) in [6.07, 6.45) is -3.99. The molecule has 0 rings (SSSR count). The van der Waals surface area contributed by atoms with Gasteiger partial charge in [0.2, 0.25) is 6.43 Å². The Labute approximate surface area is 46.0 Å². The van der Waals surface area contributed by atoms with Gasteiger partial charge >= 0.3 is 0 Å². The lowest BCUT2D eigenvalue weighted by molar-refractivity contribution is 0.112. The molecule has 0 N–H and O–H groups in total. The number of halogens is 3. The minimum absolute atomic E-state index is 0.733. The van der Waals surface area contributed by atoms with Crippen LogP contribution in [0, 0.1) is 0 Å². The lowest BCUT2D eigenvalue weighted by atomic mass is 10.3. The highest BCUT2D eigenvalue weighted by Crippen LogP contribution is 2.06. The van der Waals surface area contributed by atoms with Crippen molar-refractivity contribution in [2.75, 3.05) is 0 Å². The molecule has 1 atom stereocenters. The van der Waals surface area contributed by atoms with Crippen molar-refractivity contribution in [3.63, 3.8) is 0 Å². The Morgan fingerprint density at radius 2 is 1.88 bits per heavy atom. The Balaban J connectivity index is 3.23. The van der Waals surface area contributed by atoms with Gasteiger partial charge in [0.15, 0.2) is 0 Å². The molecule has 0 aliphatic heterocycles. The summed E-state index contributed by atoms with van der Waals surface area (Å²) >= 11 is 0. The zero-order chi connectivity index (χ0) is 6.57. The van der Waals surface area contributed by atoms with Crippen LogP contribution in [-0.2, 0) is 0 Å². The summed E-state index contributed by atoms with van der Waals surface area (Å²) in [7, 11) is 0. The molecule has 0 saturated carbocycles. The smallest absolute Gasteiger partial charge is 0.241 e. The molecule has 0 nitrogen and oxygen atoms in total. The summed E-state index contributed by atoms with van der Waals surface area (Å²) in [5, 5.41) is 0. The van der Waals surface area contributed by atoms with Crippen molar-refractivity contribution < 1.29 is 13.2 Å². The summed E-state index contributed by atoms with van der Waals surface area (Å²) in [5.41, 5.74) is 0. The van der Waals surface area contributed by atoms with Crippen LogP contribution in [-0.4, -0.2) is 12.6 Å². The second-order valence-electron chi connectivity index (χ2n) is 1.38. The van der Waals surface area contributed by atoms with E-state index in [1.807, 2.05) is 0 Å². The highest BCUT2D eigenvalue weighted by atomic mass is 19.3. The molecule has 0 aromatic heterocycles. The first-order chi connectivity index (χ1) is 3.66. The quantitative estimate of drug-likeness (QED) is 0.506. The Morgan fingerprint density at radius 3 is 2.00 bits per heavy atom. The van der Waals surface area contributed by atoms with Crippen LogP contribution in [0.3, 0.4) is 0 Å². The first kappa shape index (κ1) is 7.53. The van der Waals surface area contributed by atoms with E-state index in [1.54, 1.807) is 0 Å². The van der Waals surface area contributed by atoms with Crippen molar-refractivity contribution in [1.29, 1.82) is 0 Å². The van der Waals surface area contributed by atoms with E-state index in [9.17, 15) is 13.2 Å². The van der Waals surface area contributed by atoms with Gasteiger partial charge < -0.3 is 0 Å². The van der Waals surface area contributed by atoms with Crippen LogP contribution in [0.5, 0.6) is 0 Å². The maximum Gasteiger partial charge on any atom is 0.241 e. The van der Waals surface area contributed by atoms with E-state index in [2.05, 4.69) is 6.58 Å². The number of hydrogen-bond acceptors (Lipinski definition) is 0. The number of rotatable bonds is 3. The van der Waals surface area contributed by atoms with Gasteiger partial charge in [0.25, 0.3) is 0 Å². The molecule has 0 aliphatic carbocycles. The van der Waals surface area contributed by atoms with Gasteiger partial charge in [-0.15, -0.1) is 6.58 Å². The van der Waals surface area contributed by atoms with Gasteiger partial charge in [0, 0.05) is 6.42 Å². The van der Waals surface area contributed by atoms with Crippen LogP contribution < -0.4 is 0 Å². The van der Waals surface area contributed by atoms with Crippen molar-refractivity contribution >= 4 is 0 Å². The predicted molar refractivity (Wildman–Crippen MR) is 25.7 cm³/mol. The van der Waals surface area contributed by atoms with Gasteiger partial charge in [-0.05, 0) is 0 Å². The molecule has 0 fully saturated rings. The van der Waals surface area contributed by atoms with E-state index < -0.39 is 19.0 Å². The van der Waals surface area contributed by atoms with Gasteiger partial charge in [-0.2, -0.15) is 0 Å². The first-order valence-corrected chi connectivity index (χ1v) is 2.21. The van der Waals surface area contributed by atoms with Crippen LogP contribution >= 0.6 is 0 Å². The molecule has 1 unspecified atom stereocenters. The molecule has 0 aromatic carbocycles. The highest BCUT2D eigenvalue weighted by molar-refractivity contribution is 4.78. The number of hydrogen-bond donors (Lipinski definition) is 0. The molecule has 3 heteroatoms. The van der Waals surface area contributed by atoms with E-state index in [-0.39, 0.29) is 0 Å². The Bertz CT molecular complexity index is 70.1. The van der Waals surface area contributed by atoms with Gasteiger partial charge in [0.05, 0.1) is 0 Å². The fourth-order valence-electron chi connectivity index (χ4n) is 0.266. The zero-order valence-corrected chi connectivity index (χ0v) is 4.28. The molecule has 0 aliphatic rings. The van der Waals surface area contributed by atoms with Crippen LogP contribution in [0.15, 0.2) is 12.7 Å². The van der Waals surface area contributed by atoms with Gasteiger partial charge in [-0.1, -0.05) is 6.08 Å². The van der Waals surface area contributed by atoms with Crippen molar-refractivity contribution in [3.8, 4) is 0 Å². The van der Waals surface area contributed by atoms with Crippen LogP contribution in [0.4, 0.5) is 13.2 Å². The summed E-state index contributed by atoms with van der Waals surface area (Å²) in [6, 6.07) is 0. The average Bonchev–Trinajstić information content (AvgIpc) is 1.65. The molecule has 0 spiro atoms. The lowest BCUT2D eigenvalue weighted by Crippen LogP contribution is -2.01. The molecule has 0 radical (unpaired) electrons. The predicted octanol–water partition coefficient (Wildman–Crippen LogP) is 2.17. The molecular formula is C5H7F3. The topological polar surface area (TPSA) is 0 Å². The van der Waals surface area contributed by atoms with Crippen LogP contribution in [0.25, 0.3) is 0 Å². The summed E-state index contributed by atoms with van der Waals surface area (Å²) in [5.74, 6) is 0. The lowest BCUT2D eigenvalue weighted by Gasteiger charge is -1.97. The monoisotopic (exact) mass is 124 g/mol. The fraction of sp³-hybridized carbons (Fsp3) is 0.600. The maximum absolute atomic E-state index is 11.8. The minimum atomic E-state index is -2.57. The van der Waals surface area contributed by atoms with Crippen LogP contribution in [0.1, 0.15) is 6.42 Å². The largest absolute Gasteiger partial charge is 0.243 e. The standard InChI is InChI=1S/C5H7F3/c1-2-4(6)3-5(7)8/h2,4-5H,1,3H2. The van der Waals surface area contributed by atoms with E-state index >= 15 is 0 Å². The third-order valence-corrected chi connectivity index (χ3v) is 0.659. The zero-order valence-electron chi connectivity index (χ0n) is 4.28. The van der Waals surface area contributed by atoms with Crippen molar-refractivity contribution in [1.82, 2.24) is 0 Å². The Kier molecular flexibility index (Phi) is 3.31. The number of allylic oxidation sites excluding steroid dienone is 1. The van der Waals surface area contributed by atoms with Gasteiger partial charge in [0.1, 0.15) is 6.17 Å². The summed E-state index contributed by atoms with van der Waals surface area (Å²) < 4.78 is 34.2. The number of alkyl halides is 3. The Morgan fingerprint density at radius 1 is 1.38 bits per heavy atom. The van der Waals surface area contributed by atoms with E-state index in [1.165, 1.54) is 0 Å². The molecule has 0 bridgehead atoms. The summed E-state index contributed by atoms with van der Waals surface area (Å²) in [6.45, 7) is 3.01. The van der Waals surface area contributed by atoms with E-state index in [0.717, 1.165) is 6.08 Å². The molecule has 8 heavy (non-hydrogen) atoms. The first-order valence-electron chi connectivity index (χ1n) is 2.21. The van der Waals surface area contributed by atoms with Crippen molar-refractivity contribution in [2.45, 2.75) is 19.0 Å².